The molecule has 1 aromatic rings. The summed E-state index contributed by atoms with van der Waals surface area (Å²) in [5.74, 6) is -1.09. The van der Waals surface area contributed by atoms with Gasteiger partial charge in [0.05, 0.1) is 13.2 Å². The van der Waals surface area contributed by atoms with Crippen LogP contribution >= 0.6 is 0 Å². The fourth-order valence-electron chi connectivity index (χ4n) is 4.67. The zero-order valence-corrected chi connectivity index (χ0v) is 19.0. The van der Waals surface area contributed by atoms with E-state index in [2.05, 4.69) is 5.32 Å². The van der Waals surface area contributed by atoms with Crippen LogP contribution in [0.5, 0.6) is 0 Å². The minimum absolute atomic E-state index is 0.0244. The van der Waals surface area contributed by atoms with E-state index in [9.17, 15) is 19.2 Å². The molecule has 0 spiro atoms. The molecule has 9 nitrogen and oxygen atoms in total. The molecule has 3 aliphatic rings. The summed E-state index contributed by atoms with van der Waals surface area (Å²) < 4.78 is 5.23. The summed E-state index contributed by atoms with van der Waals surface area (Å²) >= 11 is 0. The lowest BCUT2D eigenvalue weighted by Gasteiger charge is -2.36. The van der Waals surface area contributed by atoms with Gasteiger partial charge >= 0.3 is 11.8 Å². The summed E-state index contributed by atoms with van der Waals surface area (Å²) in [6.07, 6.45) is 5.20. The standard InChI is InChI=1S/C24H32N4O5/c29-21(18-5-2-1-3-6-18)25-20-8-4-7-19(17-20)22(30)26-9-11-27(12-10-26)23(31)24(32)28-13-15-33-16-14-28/h4,7-8,17-18H,1-3,5-6,9-16H2,(H,25,29). The Morgan fingerprint density at radius 2 is 1.39 bits per heavy atom. The van der Waals surface area contributed by atoms with E-state index in [0.717, 1.165) is 25.7 Å². The molecule has 4 rings (SSSR count). The van der Waals surface area contributed by atoms with Crippen molar-refractivity contribution in [2.24, 2.45) is 5.92 Å². The van der Waals surface area contributed by atoms with Gasteiger partial charge in [0.1, 0.15) is 0 Å². The second-order valence-electron chi connectivity index (χ2n) is 8.89. The molecule has 33 heavy (non-hydrogen) atoms. The Morgan fingerprint density at radius 1 is 0.788 bits per heavy atom. The summed E-state index contributed by atoms with van der Waals surface area (Å²) in [6, 6.07) is 7.01. The number of rotatable bonds is 3. The molecule has 178 valence electrons. The van der Waals surface area contributed by atoms with Crippen molar-refractivity contribution in [1.29, 1.82) is 0 Å². The summed E-state index contributed by atoms with van der Waals surface area (Å²) in [5, 5.41) is 2.96. The average molecular weight is 457 g/mol. The predicted molar refractivity (Wildman–Crippen MR) is 122 cm³/mol. The summed E-state index contributed by atoms with van der Waals surface area (Å²) in [5.41, 5.74) is 1.13. The minimum atomic E-state index is -0.517. The SMILES string of the molecule is O=C(Nc1cccc(C(=O)N2CCN(C(=O)C(=O)N3CCOCC3)CC2)c1)C1CCCCC1. The van der Waals surface area contributed by atoms with Crippen molar-refractivity contribution in [3.8, 4) is 0 Å². The largest absolute Gasteiger partial charge is 0.378 e. The van der Waals surface area contributed by atoms with Gasteiger partial charge in [0.15, 0.2) is 0 Å². The molecule has 0 aromatic heterocycles. The molecule has 2 saturated heterocycles. The Hall–Kier alpha value is -2.94. The Morgan fingerprint density at radius 3 is 2.06 bits per heavy atom. The third-order valence-corrected chi connectivity index (χ3v) is 6.69. The van der Waals surface area contributed by atoms with Crippen LogP contribution in [-0.2, 0) is 19.1 Å². The number of benzene rings is 1. The van der Waals surface area contributed by atoms with Crippen LogP contribution in [0, 0.1) is 5.92 Å². The first-order valence-electron chi connectivity index (χ1n) is 11.9. The Labute approximate surface area is 194 Å². The highest BCUT2D eigenvalue weighted by molar-refractivity contribution is 6.35. The number of ether oxygens (including phenoxy) is 1. The van der Waals surface area contributed by atoms with E-state index in [1.807, 2.05) is 0 Å². The lowest BCUT2D eigenvalue weighted by Crippen LogP contribution is -2.55. The molecule has 2 heterocycles. The third-order valence-electron chi connectivity index (χ3n) is 6.69. The summed E-state index contributed by atoms with van der Waals surface area (Å²) in [6.45, 7) is 3.10. The molecule has 0 bridgehead atoms. The fourth-order valence-corrected chi connectivity index (χ4v) is 4.67. The van der Waals surface area contributed by atoms with E-state index >= 15 is 0 Å². The van der Waals surface area contributed by atoms with Gasteiger partial charge in [-0.2, -0.15) is 0 Å². The second kappa shape index (κ2) is 10.8. The van der Waals surface area contributed by atoms with Gasteiger partial charge in [-0.1, -0.05) is 25.3 Å². The first-order valence-corrected chi connectivity index (χ1v) is 11.9. The van der Waals surface area contributed by atoms with E-state index in [1.165, 1.54) is 16.2 Å². The Balaban J connectivity index is 1.30. The maximum absolute atomic E-state index is 13.0. The zero-order chi connectivity index (χ0) is 23.2. The van der Waals surface area contributed by atoms with Crippen molar-refractivity contribution >= 4 is 29.3 Å². The van der Waals surface area contributed by atoms with E-state index in [-0.39, 0.29) is 17.7 Å². The molecule has 1 aliphatic carbocycles. The molecule has 1 aromatic carbocycles. The summed E-state index contributed by atoms with van der Waals surface area (Å²) in [4.78, 5) is 55.3. The lowest BCUT2D eigenvalue weighted by molar-refractivity contribution is -0.154. The predicted octanol–water partition coefficient (Wildman–Crippen LogP) is 1.35. The van der Waals surface area contributed by atoms with Gasteiger partial charge in [-0.25, -0.2) is 0 Å². The van der Waals surface area contributed by atoms with E-state index in [0.29, 0.717) is 63.7 Å². The molecule has 1 N–H and O–H groups in total. The van der Waals surface area contributed by atoms with Crippen LogP contribution in [0.3, 0.4) is 0 Å². The highest BCUT2D eigenvalue weighted by atomic mass is 16.5. The quantitative estimate of drug-likeness (QED) is 0.693. The number of carbonyl (C=O) groups excluding carboxylic acids is 4. The number of hydrogen-bond acceptors (Lipinski definition) is 5. The molecule has 1 saturated carbocycles. The van der Waals surface area contributed by atoms with Crippen LogP contribution < -0.4 is 5.32 Å². The normalized spacial score (nSPS) is 19.8. The van der Waals surface area contributed by atoms with Crippen LogP contribution in [0.4, 0.5) is 5.69 Å². The number of carbonyl (C=O) groups is 4. The van der Waals surface area contributed by atoms with Gasteiger partial charge in [-0.05, 0) is 31.0 Å². The van der Waals surface area contributed by atoms with Gasteiger partial charge < -0.3 is 24.8 Å². The molecular formula is C24H32N4O5. The third kappa shape index (κ3) is 5.71. The number of morpholine rings is 1. The summed E-state index contributed by atoms with van der Waals surface area (Å²) in [7, 11) is 0. The number of hydrogen-bond donors (Lipinski definition) is 1. The van der Waals surface area contributed by atoms with Gasteiger partial charge in [0.2, 0.25) is 5.91 Å². The number of amides is 4. The van der Waals surface area contributed by atoms with Crippen LogP contribution in [0.15, 0.2) is 24.3 Å². The molecule has 4 amide bonds. The fraction of sp³-hybridized carbons (Fsp3) is 0.583. The Kier molecular flexibility index (Phi) is 7.59. The average Bonchev–Trinajstić information content (AvgIpc) is 2.88. The molecular weight excluding hydrogens is 424 g/mol. The van der Waals surface area contributed by atoms with Crippen molar-refractivity contribution in [2.75, 3.05) is 57.8 Å². The molecule has 2 aliphatic heterocycles. The van der Waals surface area contributed by atoms with E-state index in [1.54, 1.807) is 29.2 Å². The van der Waals surface area contributed by atoms with Crippen molar-refractivity contribution in [3.63, 3.8) is 0 Å². The second-order valence-corrected chi connectivity index (χ2v) is 8.89. The number of piperazine rings is 1. The lowest BCUT2D eigenvalue weighted by atomic mass is 9.88. The van der Waals surface area contributed by atoms with Gasteiger partial charge in [0, 0.05) is 56.4 Å². The van der Waals surface area contributed by atoms with Gasteiger partial charge in [-0.3, -0.25) is 19.2 Å². The molecule has 0 atom stereocenters. The van der Waals surface area contributed by atoms with Gasteiger partial charge in [-0.15, -0.1) is 0 Å². The van der Waals surface area contributed by atoms with E-state index < -0.39 is 11.8 Å². The van der Waals surface area contributed by atoms with Crippen molar-refractivity contribution < 1.29 is 23.9 Å². The maximum Gasteiger partial charge on any atom is 0.312 e. The van der Waals surface area contributed by atoms with Crippen molar-refractivity contribution in [2.45, 2.75) is 32.1 Å². The highest BCUT2D eigenvalue weighted by Crippen LogP contribution is 2.25. The van der Waals surface area contributed by atoms with Crippen LogP contribution in [0.1, 0.15) is 42.5 Å². The smallest absolute Gasteiger partial charge is 0.312 e. The van der Waals surface area contributed by atoms with Crippen molar-refractivity contribution in [3.05, 3.63) is 29.8 Å². The monoisotopic (exact) mass is 456 g/mol. The molecule has 0 unspecified atom stereocenters. The molecule has 0 radical (unpaired) electrons. The zero-order valence-electron chi connectivity index (χ0n) is 19.0. The minimum Gasteiger partial charge on any atom is -0.378 e. The van der Waals surface area contributed by atoms with Crippen LogP contribution in [-0.4, -0.2) is 90.8 Å². The number of nitrogens with one attached hydrogen (secondary N) is 1. The number of nitrogens with zero attached hydrogens (tertiary/aromatic N) is 3. The first-order chi connectivity index (χ1) is 16.0. The highest BCUT2D eigenvalue weighted by Gasteiger charge is 2.31. The molecule has 9 heteroatoms. The topological polar surface area (TPSA) is 99.3 Å². The van der Waals surface area contributed by atoms with Gasteiger partial charge in [0.25, 0.3) is 5.91 Å². The van der Waals surface area contributed by atoms with Crippen LogP contribution in [0.2, 0.25) is 0 Å². The van der Waals surface area contributed by atoms with Crippen molar-refractivity contribution in [1.82, 2.24) is 14.7 Å². The first kappa shape index (κ1) is 23.2. The molecule has 3 fully saturated rings. The van der Waals surface area contributed by atoms with E-state index in [4.69, 9.17) is 4.74 Å². The maximum atomic E-state index is 13.0. The van der Waals surface area contributed by atoms with Crippen LogP contribution in [0.25, 0.3) is 0 Å². The Bertz CT molecular complexity index is 885. The number of anilines is 1.